The van der Waals surface area contributed by atoms with Crippen LogP contribution in [0.25, 0.3) is 0 Å². The van der Waals surface area contributed by atoms with Crippen LogP contribution in [0.4, 0.5) is 0 Å². The van der Waals surface area contributed by atoms with Crippen LogP contribution in [0.2, 0.25) is 0 Å². The molecule has 0 aliphatic carbocycles. The molecule has 1 aromatic heterocycles. The number of methoxy groups -OCH3 is 2. The van der Waals surface area contributed by atoms with Gasteiger partial charge >= 0.3 is 0 Å². The summed E-state index contributed by atoms with van der Waals surface area (Å²) >= 11 is 0. The molecule has 0 radical (unpaired) electrons. The summed E-state index contributed by atoms with van der Waals surface area (Å²) in [5.41, 5.74) is 0. The molecule has 1 heterocycles. The smallest absolute Gasteiger partial charge is 0.118 e. The fourth-order valence-electron chi connectivity index (χ4n) is 1.32. The van der Waals surface area contributed by atoms with Crippen molar-refractivity contribution < 1.29 is 9.47 Å². The average Bonchev–Trinajstić information content (AvgIpc) is 2.65. The second kappa shape index (κ2) is 11.8. The van der Waals surface area contributed by atoms with E-state index in [1.54, 1.807) is 32.7 Å². The third-order valence-corrected chi connectivity index (χ3v) is 2.37. The van der Waals surface area contributed by atoms with E-state index in [4.69, 9.17) is 9.47 Å². The van der Waals surface area contributed by atoms with Gasteiger partial charge in [0.1, 0.15) is 11.5 Å². The number of benzene rings is 2. The quantitative estimate of drug-likeness (QED) is 0.726. The number of hydrogen-bond acceptors (Lipinski definition) is 5. The highest BCUT2D eigenvalue weighted by atomic mass is 16.5. The third-order valence-electron chi connectivity index (χ3n) is 2.37. The van der Waals surface area contributed by atoms with Crippen molar-refractivity contribution in [2.45, 2.75) is 0 Å². The van der Waals surface area contributed by atoms with Crippen molar-refractivity contribution in [2.75, 3.05) is 14.2 Å². The van der Waals surface area contributed by atoms with E-state index < -0.39 is 0 Å². The minimum Gasteiger partial charge on any atom is -0.497 e. The van der Waals surface area contributed by atoms with Crippen molar-refractivity contribution >= 4 is 0 Å². The van der Waals surface area contributed by atoms with Gasteiger partial charge in [0.15, 0.2) is 0 Å². The minimum absolute atomic E-state index is 0.910. The zero-order valence-electron chi connectivity index (χ0n) is 12.7. The zero-order valence-corrected chi connectivity index (χ0v) is 12.7. The number of aromatic nitrogens is 3. The molecule has 0 bridgehead atoms. The van der Waals surface area contributed by atoms with Crippen LogP contribution in [0.3, 0.4) is 0 Å². The molecule has 0 saturated heterocycles. The lowest BCUT2D eigenvalue weighted by Crippen LogP contribution is -1.78. The molecule has 0 aliphatic rings. The Morgan fingerprint density at radius 3 is 1.18 bits per heavy atom. The fraction of sp³-hybridized carbons (Fsp3) is 0.118. The number of para-hydroxylation sites is 2. The summed E-state index contributed by atoms with van der Waals surface area (Å²) in [5, 5.41) is 10.1. The Hall–Kier alpha value is -2.95. The van der Waals surface area contributed by atoms with Crippen LogP contribution in [0.1, 0.15) is 0 Å². The molecule has 2 aromatic carbocycles. The molecule has 5 heteroatoms. The molecule has 0 saturated carbocycles. The zero-order chi connectivity index (χ0) is 15.9. The molecule has 0 amide bonds. The molecule has 0 aliphatic heterocycles. The number of rotatable bonds is 2. The van der Waals surface area contributed by atoms with Crippen LogP contribution in [-0.2, 0) is 0 Å². The lowest BCUT2D eigenvalue weighted by Gasteiger charge is -1.93. The summed E-state index contributed by atoms with van der Waals surface area (Å²) in [6, 6.07) is 21.1. The molecular weight excluding hydrogens is 278 g/mol. The summed E-state index contributed by atoms with van der Waals surface area (Å²) < 4.78 is 9.83. The van der Waals surface area contributed by atoms with Crippen molar-refractivity contribution in [2.24, 2.45) is 0 Å². The van der Waals surface area contributed by atoms with E-state index in [1.165, 1.54) is 0 Å². The van der Waals surface area contributed by atoms with Crippen LogP contribution < -0.4 is 9.47 Å². The number of nitrogens with zero attached hydrogens (tertiary/aromatic N) is 3. The second-order valence-electron chi connectivity index (χ2n) is 3.85. The molecule has 0 atom stereocenters. The van der Waals surface area contributed by atoms with Crippen molar-refractivity contribution in [3.8, 4) is 11.5 Å². The molecule has 3 rings (SSSR count). The van der Waals surface area contributed by atoms with Gasteiger partial charge in [0.25, 0.3) is 0 Å². The summed E-state index contributed by atoms with van der Waals surface area (Å²) in [7, 11) is 3.32. The van der Waals surface area contributed by atoms with E-state index >= 15 is 0 Å². The Balaban J connectivity index is 0.000000167. The highest BCUT2D eigenvalue weighted by molar-refractivity contribution is 5.21. The standard InChI is InChI=1S/2C7H8O.C3H3N3/c2*1-8-7-5-3-2-4-6-7;1-2-4-6-5-3-1/h2*2-6H,1H3;1-3H. The maximum atomic E-state index is 4.91. The van der Waals surface area contributed by atoms with Gasteiger partial charge in [0, 0.05) is 0 Å². The normalized spacial score (nSPS) is 8.45. The van der Waals surface area contributed by atoms with Gasteiger partial charge in [-0.25, -0.2) is 0 Å². The van der Waals surface area contributed by atoms with Crippen LogP contribution in [0.5, 0.6) is 11.5 Å². The Morgan fingerprint density at radius 1 is 0.591 bits per heavy atom. The average molecular weight is 297 g/mol. The molecule has 0 unspecified atom stereocenters. The van der Waals surface area contributed by atoms with Gasteiger partial charge in [-0.05, 0) is 35.5 Å². The first-order valence-electron chi connectivity index (χ1n) is 6.63. The predicted octanol–water partition coefficient (Wildman–Crippen LogP) is 3.26. The van der Waals surface area contributed by atoms with Gasteiger partial charge in [-0.2, -0.15) is 0 Å². The van der Waals surface area contributed by atoms with Crippen molar-refractivity contribution in [3.63, 3.8) is 0 Å². The highest BCUT2D eigenvalue weighted by Gasteiger charge is 1.80. The molecule has 0 fully saturated rings. The van der Waals surface area contributed by atoms with E-state index in [9.17, 15) is 0 Å². The molecule has 0 spiro atoms. The van der Waals surface area contributed by atoms with Crippen LogP contribution in [-0.4, -0.2) is 29.6 Å². The first-order valence-corrected chi connectivity index (χ1v) is 6.63. The molecular formula is C17H19N3O2. The minimum atomic E-state index is 0.910. The van der Waals surface area contributed by atoms with Crippen LogP contribution >= 0.6 is 0 Å². The van der Waals surface area contributed by atoms with Crippen molar-refractivity contribution in [1.82, 2.24) is 15.4 Å². The van der Waals surface area contributed by atoms with Crippen LogP contribution in [0.15, 0.2) is 79.1 Å². The van der Waals surface area contributed by atoms with E-state index in [0.717, 1.165) is 11.5 Å². The van der Waals surface area contributed by atoms with Gasteiger partial charge in [0.05, 0.1) is 26.6 Å². The van der Waals surface area contributed by atoms with Crippen LogP contribution in [0, 0.1) is 0 Å². The number of hydrogen-bond donors (Lipinski definition) is 0. The van der Waals surface area contributed by atoms with E-state index in [0.29, 0.717) is 0 Å². The van der Waals surface area contributed by atoms with Crippen molar-refractivity contribution in [3.05, 3.63) is 79.1 Å². The van der Waals surface area contributed by atoms with E-state index in [2.05, 4.69) is 15.4 Å². The fourth-order valence-corrected chi connectivity index (χ4v) is 1.32. The Kier molecular flexibility index (Phi) is 9.21. The SMILES string of the molecule is COc1ccccc1.COc1ccccc1.c1cnnnc1. The largest absolute Gasteiger partial charge is 0.497 e. The molecule has 0 N–H and O–H groups in total. The second-order valence-corrected chi connectivity index (χ2v) is 3.85. The Morgan fingerprint density at radius 2 is 1.00 bits per heavy atom. The monoisotopic (exact) mass is 297 g/mol. The van der Waals surface area contributed by atoms with Gasteiger partial charge in [-0.15, -0.1) is 10.2 Å². The maximum Gasteiger partial charge on any atom is 0.118 e. The Bertz CT molecular complexity index is 511. The van der Waals surface area contributed by atoms with Gasteiger partial charge in [0.2, 0.25) is 0 Å². The maximum absolute atomic E-state index is 4.91. The lowest BCUT2D eigenvalue weighted by atomic mass is 10.3. The summed E-state index contributed by atoms with van der Waals surface area (Å²) in [6.07, 6.45) is 3.15. The van der Waals surface area contributed by atoms with Gasteiger partial charge < -0.3 is 9.47 Å². The van der Waals surface area contributed by atoms with E-state index in [-0.39, 0.29) is 0 Å². The summed E-state index contributed by atoms with van der Waals surface area (Å²) in [6.45, 7) is 0. The molecule has 22 heavy (non-hydrogen) atoms. The van der Waals surface area contributed by atoms with Crippen molar-refractivity contribution in [1.29, 1.82) is 0 Å². The van der Waals surface area contributed by atoms with Gasteiger partial charge in [-0.3, -0.25) is 0 Å². The summed E-state index contributed by atoms with van der Waals surface area (Å²) in [5.74, 6) is 1.82. The Labute approximate surface area is 130 Å². The first-order chi connectivity index (χ1) is 10.9. The summed E-state index contributed by atoms with van der Waals surface area (Å²) in [4.78, 5) is 0. The first kappa shape index (κ1) is 17.1. The van der Waals surface area contributed by atoms with Gasteiger partial charge in [-0.1, -0.05) is 36.4 Å². The van der Waals surface area contributed by atoms with E-state index in [1.807, 2.05) is 60.7 Å². The third kappa shape index (κ3) is 8.27. The predicted molar refractivity (Wildman–Crippen MR) is 85.8 cm³/mol. The molecule has 3 aromatic rings. The molecule has 5 nitrogen and oxygen atoms in total. The number of ether oxygens (including phenoxy) is 2. The lowest BCUT2D eigenvalue weighted by molar-refractivity contribution is 0.414. The highest BCUT2D eigenvalue weighted by Crippen LogP contribution is 2.06. The molecule has 114 valence electrons. The topological polar surface area (TPSA) is 57.1 Å².